The molecule has 5 nitrogen and oxygen atoms in total. The van der Waals surface area contributed by atoms with Crippen LogP contribution in [0.15, 0.2) is 23.9 Å². The van der Waals surface area contributed by atoms with Gasteiger partial charge in [-0.2, -0.15) is 0 Å². The Hall–Kier alpha value is -2.44. The van der Waals surface area contributed by atoms with Crippen LogP contribution in [0, 0.1) is 18.6 Å². The van der Waals surface area contributed by atoms with Gasteiger partial charge in [-0.15, -0.1) is 0 Å². The van der Waals surface area contributed by atoms with Gasteiger partial charge in [0, 0.05) is 0 Å². The number of carbonyl (C=O) groups excluding carboxylic acids is 2. The maximum atomic E-state index is 13.7. The summed E-state index contributed by atoms with van der Waals surface area (Å²) in [4.78, 5) is 22.6. The standard InChI is InChI=1S/C13H13F2NO4/c1-7-4-5-8(12(15)11(7)14)16-9(13(18)20-3)6-10(17)19-2/h4-6,16H,1-3H3/b9-6+. The van der Waals surface area contributed by atoms with Crippen molar-refractivity contribution in [3.05, 3.63) is 41.1 Å². The molecule has 0 fully saturated rings. The molecule has 0 aliphatic heterocycles. The number of aryl methyl sites for hydroxylation is 1. The average molecular weight is 285 g/mol. The molecule has 0 saturated heterocycles. The van der Waals surface area contributed by atoms with Gasteiger partial charge in [-0.1, -0.05) is 6.07 Å². The molecule has 0 radical (unpaired) electrons. The summed E-state index contributed by atoms with van der Waals surface area (Å²) in [5.41, 5.74) is -0.556. The molecule has 0 bridgehead atoms. The van der Waals surface area contributed by atoms with Gasteiger partial charge in [-0.25, -0.2) is 18.4 Å². The van der Waals surface area contributed by atoms with Crippen LogP contribution in [0.4, 0.5) is 14.5 Å². The number of anilines is 1. The molecule has 20 heavy (non-hydrogen) atoms. The van der Waals surface area contributed by atoms with E-state index >= 15 is 0 Å². The Balaban J connectivity index is 3.14. The second-order valence-electron chi connectivity index (χ2n) is 3.76. The highest BCUT2D eigenvalue weighted by Crippen LogP contribution is 2.21. The molecule has 1 aromatic rings. The van der Waals surface area contributed by atoms with Crippen molar-refractivity contribution in [2.45, 2.75) is 6.92 Å². The van der Waals surface area contributed by atoms with E-state index in [0.29, 0.717) is 0 Å². The number of methoxy groups -OCH3 is 2. The zero-order valence-corrected chi connectivity index (χ0v) is 11.1. The second-order valence-corrected chi connectivity index (χ2v) is 3.76. The molecule has 7 heteroatoms. The fourth-order valence-corrected chi connectivity index (χ4v) is 1.32. The highest BCUT2D eigenvalue weighted by molar-refractivity contribution is 5.98. The highest BCUT2D eigenvalue weighted by Gasteiger charge is 2.17. The van der Waals surface area contributed by atoms with Crippen molar-refractivity contribution >= 4 is 17.6 Å². The number of hydrogen-bond acceptors (Lipinski definition) is 5. The Morgan fingerprint density at radius 2 is 1.80 bits per heavy atom. The minimum Gasteiger partial charge on any atom is -0.466 e. The summed E-state index contributed by atoms with van der Waals surface area (Å²) in [5, 5.41) is 2.30. The number of ether oxygens (including phenoxy) is 2. The molecule has 0 heterocycles. The van der Waals surface area contributed by atoms with Crippen LogP contribution in [0.2, 0.25) is 0 Å². The number of rotatable bonds is 4. The van der Waals surface area contributed by atoms with E-state index in [9.17, 15) is 18.4 Å². The molecule has 0 amide bonds. The first-order valence-electron chi connectivity index (χ1n) is 5.50. The third kappa shape index (κ3) is 3.53. The fourth-order valence-electron chi connectivity index (χ4n) is 1.32. The van der Waals surface area contributed by atoms with Crippen molar-refractivity contribution in [1.82, 2.24) is 0 Å². The van der Waals surface area contributed by atoms with Crippen LogP contribution in [0.3, 0.4) is 0 Å². The molecule has 0 saturated carbocycles. The summed E-state index contributed by atoms with van der Waals surface area (Å²) in [7, 11) is 2.20. The Morgan fingerprint density at radius 3 is 2.35 bits per heavy atom. The Morgan fingerprint density at radius 1 is 1.15 bits per heavy atom. The molecule has 0 spiro atoms. The minimum atomic E-state index is -1.16. The molecule has 108 valence electrons. The Kier molecular flexibility index (Phi) is 5.19. The fraction of sp³-hybridized carbons (Fsp3) is 0.231. The van der Waals surface area contributed by atoms with Gasteiger partial charge in [0.05, 0.1) is 26.0 Å². The lowest BCUT2D eigenvalue weighted by Gasteiger charge is -2.11. The van der Waals surface area contributed by atoms with E-state index in [-0.39, 0.29) is 16.9 Å². The van der Waals surface area contributed by atoms with Gasteiger partial charge in [0.1, 0.15) is 5.70 Å². The maximum Gasteiger partial charge on any atom is 0.354 e. The summed E-state index contributed by atoms with van der Waals surface area (Å²) in [5.74, 6) is -3.97. The van der Waals surface area contributed by atoms with Gasteiger partial charge >= 0.3 is 11.9 Å². The van der Waals surface area contributed by atoms with E-state index in [1.807, 2.05) is 0 Å². The normalized spacial score (nSPS) is 10.9. The molecule has 0 atom stereocenters. The first-order chi connectivity index (χ1) is 9.40. The lowest BCUT2D eigenvalue weighted by atomic mass is 10.2. The number of nitrogens with one attached hydrogen (secondary N) is 1. The topological polar surface area (TPSA) is 64.6 Å². The number of esters is 2. The average Bonchev–Trinajstić information content (AvgIpc) is 2.45. The Labute approximate surface area is 114 Å². The van der Waals surface area contributed by atoms with Gasteiger partial charge in [0.25, 0.3) is 0 Å². The first-order valence-corrected chi connectivity index (χ1v) is 5.50. The van der Waals surface area contributed by atoms with Crippen LogP contribution in [0.25, 0.3) is 0 Å². The summed E-state index contributed by atoms with van der Waals surface area (Å²) in [6, 6.07) is 2.57. The minimum absolute atomic E-state index is 0.115. The van der Waals surface area contributed by atoms with Crippen molar-refractivity contribution in [1.29, 1.82) is 0 Å². The molecule has 1 N–H and O–H groups in total. The lowest BCUT2D eigenvalue weighted by Crippen LogP contribution is -2.16. The van der Waals surface area contributed by atoms with Crippen molar-refractivity contribution in [2.24, 2.45) is 0 Å². The summed E-state index contributed by atoms with van der Waals surface area (Å²) >= 11 is 0. The van der Waals surface area contributed by atoms with E-state index in [0.717, 1.165) is 20.3 Å². The van der Waals surface area contributed by atoms with Crippen molar-refractivity contribution in [2.75, 3.05) is 19.5 Å². The summed E-state index contributed by atoms with van der Waals surface area (Å²) in [6.45, 7) is 1.40. The highest BCUT2D eigenvalue weighted by atomic mass is 19.2. The van der Waals surface area contributed by atoms with Gasteiger partial charge < -0.3 is 14.8 Å². The van der Waals surface area contributed by atoms with Crippen molar-refractivity contribution in [3.63, 3.8) is 0 Å². The lowest BCUT2D eigenvalue weighted by molar-refractivity contribution is -0.138. The molecule has 0 aliphatic carbocycles. The van der Waals surface area contributed by atoms with Crippen molar-refractivity contribution < 1.29 is 27.8 Å². The maximum absolute atomic E-state index is 13.7. The van der Waals surface area contributed by atoms with Crippen LogP contribution in [-0.2, 0) is 19.1 Å². The van der Waals surface area contributed by atoms with Gasteiger partial charge in [-0.05, 0) is 18.6 Å². The third-order valence-electron chi connectivity index (χ3n) is 2.41. The summed E-state index contributed by atoms with van der Waals surface area (Å²) in [6.07, 6.45) is 0.781. The second kappa shape index (κ2) is 6.65. The quantitative estimate of drug-likeness (QED) is 0.676. The third-order valence-corrected chi connectivity index (χ3v) is 2.41. The van der Waals surface area contributed by atoms with E-state index in [2.05, 4.69) is 14.8 Å². The molecule has 1 rings (SSSR count). The van der Waals surface area contributed by atoms with Crippen molar-refractivity contribution in [3.8, 4) is 0 Å². The molecular weight excluding hydrogens is 272 g/mol. The predicted molar refractivity (Wildman–Crippen MR) is 66.8 cm³/mol. The van der Waals surface area contributed by atoms with Gasteiger partial charge in [-0.3, -0.25) is 0 Å². The number of benzene rings is 1. The molecule has 0 aliphatic rings. The predicted octanol–water partition coefficient (Wildman–Crippen LogP) is 1.92. The SMILES string of the molecule is COC(=O)/C=C(/Nc1ccc(C)c(F)c1F)C(=O)OC. The first kappa shape index (κ1) is 15.6. The molecule has 1 aromatic carbocycles. The van der Waals surface area contributed by atoms with Crippen LogP contribution >= 0.6 is 0 Å². The smallest absolute Gasteiger partial charge is 0.354 e. The zero-order chi connectivity index (χ0) is 15.3. The van der Waals surface area contributed by atoms with Crippen LogP contribution < -0.4 is 5.32 Å². The van der Waals surface area contributed by atoms with Gasteiger partial charge in [0.2, 0.25) is 0 Å². The van der Waals surface area contributed by atoms with E-state index < -0.39 is 23.6 Å². The monoisotopic (exact) mass is 285 g/mol. The van der Waals surface area contributed by atoms with Gasteiger partial charge in [0.15, 0.2) is 11.6 Å². The van der Waals surface area contributed by atoms with E-state index in [1.54, 1.807) is 0 Å². The zero-order valence-electron chi connectivity index (χ0n) is 11.1. The number of carbonyl (C=O) groups is 2. The molecule has 0 unspecified atom stereocenters. The van der Waals surface area contributed by atoms with E-state index in [4.69, 9.17) is 0 Å². The largest absolute Gasteiger partial charge is 0.466 e. The van der Waals surface area contributed by atoms with Crippen LogP contribution in [0.5, 0.6) is 0 Å². The Bertz CT molecular complexity index is 570. The summed E-state index contributed by atoms with van der Waals surface area (Å²) < 4.78 is 35.9. The van der Waals surface area contributed by atoms with E-state index in [1.165, 1.54) is 19.1 Å². The molecule has 0 aromatic heterocycles. The number of halogens is 2. The molecular formula is C13H13F2NO4. The number of hydrogen-bond donors (Lipinski definition) is 1. The van der Waals surface area contributed by atoms with Crippen LogP contribution in [-0.4, -0.2) is 26.2 Å². The van der Waals surface area contributed by atoms with Crippen LogP contribution in [0.1, 0.15) is 5.56 Å².